The molecule has 2 N–H and O–H groups in total. The molecule has 128 valence electrons. The van der Waals surface area contributed by atoms with Gasteiger partial charge in [0.05, 0.1) is 17.3 Å². The van der Waals surface area contributed by atoms with Crippen LogP contribution in [-0.4, -0.2) is 29.6 Å². The minimum absolute atomic E-state index is 0.0633. The van der Waals surface area contributed by atoms with Crippen molar-refractivity contribution in [2.24, 2.45) is 0 Å². The third kappa shape index (κ3) is 4.26. The van der Waals surface area contributed by atoms with Crippen molar-refractivity contribution in [3.8, 4) is 0 Å². The van der Waals surface area contributed by atoms with Gasteiger partial charge in [-0.1, -0.05) is 11.6 Å². The van der Waals surface area contributed by atoms with E-state index in [9.17, 15) is 4.39 Å². The number of rotatable bonds is 5. The van der Waals surface area contributed by atoms with Gasteiger partial charge < -0.3 is 15.1 Å². The molecule has 0 unspecified atom stereocenters. The fourth-order valence-corrected chi connectivity index (χ4v) is 3.26. The minimum atomic E-state index is -0.451. The second-order valence-electron chi connectivity index (χ2n) is 5.74. The van der Waals surface area contributed by atoms with Gasteiger partial charge >= 0.3 is 0 Å². The van der Waals surface area contributed by atoms with Crippen LogP contribution in [0.4, 0.5) is 10.1 Å². The molecule has 1 saturated heterocycles. The van der Waals surface area contributed by atoms with Gasteiger partial charge in [0.1, 0.15) is 11.6 Å². The average Bonchev–Trinajstić information content (AvgIpc) is 3.25. The molecule has 0 bridgehead atoms. The summed E-state index contributed by atoms with van der Waals surface area (Å²) in [6, 6.07) is 8.44. The topological polar surface area (TPSA) is 40.4 Å². The highest BCUT2D eigenvalue weighted by molar-refractivity contribution is 7.80. The van der Waals surface area contributed by atoms with Gasteiger partial charge in [-0.2, -0.15) is 0 Å². The summed E-state index contributed by atoms with van der Waals surface area (Å²) in [5.41, 5.74) is 0.648. The van der Waals surface area contributed by atoms with E-state index in [1.54, 1.807) is 12.3 Å². The van der Waals surface area contributed by atoms with Crippen LogP contribution in [0.1, 0.15) is 24.6 Å². The molecule has 0 saturated carbocycles. The number of furan rings is 1. The summed E-state index contributed by atoms with van der Waals surface area (Å²) < 4.78 is 18.8. The SMILES string of the molecule is Fc1ccc(NC(=S)NC[C@H](c2ccco2)N2CCCC2)cc1Cl. The lowest BCUT2D eigenvalue weighted by molar-refractivity contribution is 0.216. The molecule has 2 heterocycles. The van der Waals surface area contributed by atoms with Crippen LogP contribution in [0.15, 0.2) is 41.0 Å². The molecular formula is C17H19ClFN3OS. The largest absolute Gasteiger partial charge is 0.468 e. The van der Waals surface area contributed by atoms with E-state index in [2.05, 4.69) is 15.5 Å². The summed E-state index contributed by atoms with van der Waals surface area (Å²) >= 11 is 11.1. The molecule has 1 aromatic carbocycles. The molecule has 0 radical (unpaired) electrons. The van der Waals surface area contributed by atoms with Crippen LogP contribution in [0.5, 0.6) is 0 Å². The molecule has 3 rings (SSSR count). The number of likely N-dealkylation sites (tertiary alicyclic amines) is 1. The zero-order valence-electron chi connectivity index (χ0n) is 13.1. The van der Waals surface area contributed by atoms with Crippen LogP contribution in [0.3, 0.4) is 0 Å². The van der Waals surface area contributed by atoms with E-state index in [0.29, 0.717) is 17.3 Å². The van der Waals surface area contributed by atoms with Gasteiger partial charge in [0, 0.05) is 12.2 Å². The fourth-order valence-electron chi connectivity index (χ4n) is 2.88. The number of benzene rings is 1. The molecule has 1 fully saturated rings. The number of nitrogens with one attached hydrogen (secondary N) is 2. The van der Waals surface area contributed by atoms with Gasteiger partial charge in [0.15, 0.2) is 5.11 Å². The monoisotopic (exact) mass is 367 g/mol. The number of halogens is 2. The van der Waals surface area contributed by atoms with E-state index >= 15 is 0 Å². The molecule has 4 nitrogen and oxygen atoms in total. The smallest absolute Gasteiger partial charge is 0.170 e. The van der Waals surface area contributed by atoms with Gasteiger partial charge in [0.2, 0.25) is 0 Å². The van der Waals surface area contributed by atoms with Crippen molar-refractivity contribution in [1.29, 1.82) is 0 Å². The van der Waals surface area contributed by atoms with Crippen LogP contribution in [0.25, 0.3) is 0 Å². The van der Waals surface area contributed by atoms with Crippen LogP contribution in [0, 0.1) is 5.82 Å². The van der Waals surface area contributed by atoms with E-state index < -0.39 is 5.82 Å². The molecule has 1 aromatic heterocycles. The van der Waals surface area contributed by atoms with Crippen molar-refractivity contribution in [3.05, 3.63) is 53.2 Å². The summed E-state index contributed by atoms with van der Waals surface area (Å²) in [5.74, 6) is 0.477. The summed E-state index contributed by atoms with van der Waals surface area (Å²) in [5, 5.41) is 6.76. The Morgan fingerprint density at radius 2 is 2.12 bits per heavy atom. The maximum absolute atomic E-state index is 13.2. The van der Waals surface area contributed by atoms with E-state index in [0.717, 1.165) is 18.8 Å². The highest BCUT2D eigenvalue weighted by Crippen LogP contribution is 2.25. The van der Waals surface area contributed by atoms with Gasteiger partial charge in [-0.25, -0.2) is 4.39 Å². The predicted octanol–water partition coefficient (Wildman–Crippen LogP) is 4.20. The number of nitrogens with zero attached hydrogens (tertiary/aromatic N) is 1. The van der Waals surface area contributed by atoms with Gasteiger partial charge in [-0.05, 0) is 68.5 Å². The molecule has 0 amide bonds. The third-order valence-corrected chi connectivity index (χ3v) is 4.62. The van der Waals surface area contributed by atoms with Crippen LogP contribution >= 0.6 is 23.8 Å². The maximum Gasteiger partial charge on any atom is 0.170 e. The Bertz CT molecular complexity index is 689. The Morgan fingerprint density at radius 1 is 1.33 bits per heavy atom. The minimum Gasteiger partial charge on any atom is -0.468 e. The molecule has 1 atom stereocenters. The van der Waals surface area contributed by atoms with Gasteiger partial charge in [-0.15, -0.1) is 0 Å². The number of anilines is 1. The summed E-state index contributed by atoms with van der Waals surface area (Å²) in [6.45, 7) is 2.75. The lowest BCUT2D eigenvalue weighted by atomic mass is 10.2. The molecule has 0 spiro atoms. The van der Waals surface area contributed by atoms with E-state index in [-0.39, 0.29) is 11.1 Å². The van der Waals surface area contributed by atoms with Crippen LogP contribution in [0.2, 0.25) is 5.02 Å². The zero-order valence-corrected chi connectivity index (χ0v) is 14.7. The summed E-state index contributed by atoms with van der Waals surface area (Å²) in [4.78, 5) is 2.39. The number of thiocarbonyl (C=S) groups is 1. The second kappa shape index (κ2) is 7.96. The van der Waals surface area contributed by atoms with Crippen LogP contribution < -0.4 is 10.6 Å². The molecule has 2 aromatic rings. The lowest BCUT2D eigenvalue weighted by Crippen LogP contribution is -2.38. The predicted molar refractivity (Wildman–Crippen MR) is 97.9 cm³/mol. The van der Waals surface area contributed by atoms with Crippen molar-refractivity contribution in [2.75, 3.05) is 25.0 Å². The Labute approximate surface area is 151 Å². The van der Waals surface area contributed by atoms with E-state index in [1.165, 1.54) is 25.0 Å². The third-order valence-electron chi connectivity index (χ3n) is 4.09. The first kappa shape index (κ1) is 17.2. The highest BCUT2D eigenvalue weighted by atomic mass is 35.5. The van der Waals surface area contributed by atoms with Crippen molar-refractivity contribution in [2.45, 2.75) is 18.9 Å². The number of hydrogen-bond donors (Lipinski definition) is 2. The van der Waals surface area contributed by atoms with Crippen molar-refractivity contribution >= 4 is 34.6 Å². The van der Waals surface area contributed by atoms with E-state index in [4.69, 9.17) is 28.2 Å². The van der Waals surface area contributed by atoms with Crippen molar-refractivity contribution < 1.29 is 8.81 Å². The maximum atomic E-state index is 13.2. The Kier molecular flexibility index (Phi) is 5.71. The standard InChI is InChI=1S/C17H19ClFN3OS/c18-13-10-12(5-6-14(13)19)21-17(24)20-11-15(16-4-3-9-23-16)22-7-1-2-8-22/h3-6,9-10,15H,1-2,7-8,11H2,(H2,20,21,24)/t15-/m1/s1. The summed E-state index contributed by atoms with van der Waals surface area (Å²) in [6.07, 6.45) is 4.09. The van der Waals surface area contributed by atoms with Gasteiger partial charge in [0.25, 0.3) is 0 Å². The first-order valence-corrected chi connectivity index (χ1v) is 8.69. The molecule has 24 heavy (non-hydrogen) atoms. The Hall–Kier alpha value is -1.63. The zero-order chi connectivity index (χ0) is 16.9. The first-order chi connectivity index (χ1) is 11.6. The van der Waals surface area contributed by atoms with Crippen molar-refractivity contribution in [3.63, 3.8) is 0 Å². The van der Waals surface area contributed by atoms with Crippen LogP contribution in [-0.2, 0) is 0 Å². The lowest BCUT2D eigenvalue weighted by Gasteiger charge is -2.26. The number of hydrogen-bond acceptors (Lipinski definition) is 3. The normalized spacial score (nSPS) is 16.1. The Balaban J connectivity index is 1.59. The molecule has 1 aliphatic rings. The molecular weight excluding hydrogens is 349 g/mol. The second-order valence-corrected chi connectivity index (χ2v) is 6.55. The van der Waals surface area contributed by atoms with Crippen molar-refractivity contribution in [1.82, 2.24) is 10.2 Å². The van der Waals surface area contributed by atoms with E-state index in [1.807, 2.05) is 12.1 Å². The first-order valence-electron chi connectivity index (χ1n) is 7.91. The average molecular weight is 368 g/mol. The summed E-state index contributed by atoms with van der Waals surface area (Å²) in [7, 11) is 0. The molecule has 0 aliphatic carbocycles. The molecule has 1 aliphatic heterocycles. The fraction of sp³-hybridized carbons (Fsp3) is 0.353. The quantitative estimate of drug-likeness (QED) is 0.775. The molecule has 7 heteroatoms. The highest BCUT2D eigenvalue weighted by Gasteiger charge is 2.25. The van der Waals surface area contributed by atoms with Gasteiger partial charge in [-0.3, -0.25) is 4.90 Å². The Morgan fingerprint density at radius 3 is 2.79 bits per heavy atom.